The van der Waals surface area contributed by atoms with E-state index in [1.807, 2.05) is 60.4 Å². The minimum atomic E-state index is -0.0512. The van der Waals surface area contributed by atoms with Crippen LogP contribution in [0.2, 0.25) is 5.02 Å². The van der Waals surface area contributed by atoms with Gasteiger partial charge in [-0.3, -0.25) is 4.79 Å². The van der Waals surface area contributed by atoms with Crippen molar-refractivity contribution in [3.8, 4) is 0 Å². The molecule has 1 heterocycles. The van der Waals surface area contributed by atoms with Gasteiger partial charge in [0.05, 0.1) is 23.8 Å². The van der Waals surface area contributed by atoms with Gasteiger partial charge in [0.1, 0.15) is 0 Å². The highest BCUT2D eigenvalue weighted by Gasteiger charge is 2.27. The lowest BCUT2D eigenvalue weighted by molar-refractivity contribution is -0.121. The Morgan fingerprint density at radius 2 is 1.90 bits per heavy atom. The number of benzene rings is 2. The number of amides is 1. The predicted molar refractivity (Wildman–Crippen MR) is 86.7 cm³/mol. The molecule has 0 spiro atoms. The van der Waals surface area contributed by atoms with Gasteiger partial charge in [0.15, 0.2) is 0 Å². The van der Waals surface area contributed by atoms with Gasteiger partial charge in [0.2, 0.25) is 5.91 Å². The highest BCUT2D eigenvalue weighted by atomic mass is 35.5. The molecule has 0 bridgehead atoms. The first-order chi connectivity index (χ1) is 10.1. The van der Waals surface area contributed by atoms with Crippen LogP contribution < -0.4 is 10.2 Å². The summed E-state index contributed by atoms with van der Waals surface area (Å²) in [5.74, 6) is 0.0899. The lowest BCUT2D eigenvalue weighted by atomic mass is 10.1. The van der Waals surface area contributed by atoms with Crippen LogP contribution in [0.3, 0.4) is 0 Å². The van der Waals surface area contributed by atoms with Gasteiger partial charge >= 0.3 is 0 Å². The molecule has 0 unspecified atom stereocenters. The summed E-state index contributed by atoms with van der Waals surface area (Å²) >= 11 is 5.92. The Labute approximate surface area is 129 Å². The van der Waals surface area contributed by atoms with Crippen molar-refractivity contribution in [1.29, 1.82) is 0 Å². The molecule has 1 aliphatic heterocycles. The number of carbonyl (C=O) groups is 1. The average Bonchev–Trinajstić information content (AvgIpc) is 2.62. The van der Waals surface area contributed by atoms with Gasteiger partial charge in [-0.2, -0.15) is 0 Å². The Bertz CT molecular complexity index is 654. The zero-order valence-electron chi connectivity index (χ0n) is 11.8. The van der Waals surface area contributed by atoms with Crippen molar-refractivity contribution in [2.24, 2.45) is 5.92 Å². The fourth-order valence-electron chi connectivity index (χ4n) is 2.53. The van der Waals surface area contributed by atoms with Crippen LogP contribution in [0.15, 0.2) is 48.5 Å². The number of carbonyl (C=O) groups excluding carboxylic acids is 1. The second-order valence-electron chi connectivity index (χ2n) is 5.35. The molecule has 0 aromatic heterocycles. The Hall–Kier alpha value is -2.00. The number of fused-ring (bicyclic) bond motifs is 1. The van der Waals surface area contributed by atoms with Crippen LogP contribution in [0.1, 0.15) is 12.5 Å². The van der Waals surface area contributed by atoms with Gasteiger partial charge in [-0.1, -0.05) is 42.8 Å². The fourth-order valence-corrected chi connectivity index (χ4v) is 2.66. The van der Waals surface area contributed by atoms with E-state index in [9.17, 15) is 4.79 Å². The maximum Gasteiger partial charge on any atom is 0.231 e. The molecule has 1 atom stereocenters. The lowest BCUT2D eigenvalue weighted by Gasteiger charge is -2.24. The van der Waals surface area contributed by atoms with E-state index in [4.69, 9.17) is 11.6 Å². The van der Waals surface area contributed by atoms with Crippen LogP contribution in [0.5, 0.6) is 0 Å². The Kier molecular flexibility index (Phi) is 3.84. The first kappa shape index (κ1) is 14.0. The van der Waals surface area contributed by atoms with Crippen molar-refractivity contribution >= 4 is 28.9 Å². The molecule has 1 aliphatic rings. The molecule has 0 radical (unpaired) electrons. The van der Waals surface area contributed by atoms with Gasteiger partial charge < -0.3 is 10.2 Å². The van der Waals surface area contributed by atoms with E-state index in [2.05, 4.69) is 5.32 Å². The van der Waals surface area contributed by atoms with E-state index >= 15 is 0 Å². The number of nitrogens with one attached hydrogen (secondary N) is 1. The van der Waals surface area contributed by atoms with Gasteiger partial charge in [-0.25, -0.2) is 0 Å². The molecule has 108 valence electrons. The van der Waals surface area contributed by atoms with Gasteiger partial charge in [-0.15, -0.1) is 0 Å². The number of anilines is 2. The van der Waals surface area contributed by atoms with Gasteiger partial charge in [0, 0.05) is 11.6 Å². The topological polar surface area (TPSA) is 32.3 Å². The van der Waals surface area contributed by atoms with Crippen LogP contribution in [-0.2, 0) is 11.3 Å². The largest absolute Gasteiger partial charge is 0.383 e. The average molecular weight is 301 g/mol. The summed E-state index contributed by atoms with van der Waals surface area (Å²) in [5.41, 5.74) is 3.00. The summed E-state index contributed by atoms with van der Waals surface area (Å²) < 4.78 is 0. The van der Waals surface area contributed by atoms with E-state index in [1.165, 1.54) is 0 Å². The van der Waals surface area contributed by atoms with E-state index in [-0.39, 0.29) is 11.8 Å². The highest BCUT2D eigenvalue weighted by molar-refractivity contribution is 6.30. The minimum absolute atomic E-state index is 0.0512. The summed E-state index contributed by atoms with van der Waals surface area (Å²) in [7, 11) is 0. The third-order valence-corrected chi connectivity index (χ3v) is 3.99. The van der Waals surface area contributed by atoms with Gasteiger partial charge in [-0.05, 0) is 29.8 Å². The summed E-state index contributed by atoms with van der Waals surface area (Å²) in [6, 6.07) is 15.6. The van der Waals surface area contributed by atoms with Crippen LogP contribution in [0.4, 0.5) is 11.4 Å². The van der Waals surface area contributed by atoms with E-state index < -0.39 is 0 Å². The van der Waals surface area contributed by atoms with Crippen LogP contribution in [0, 0.1) is 5.92 Å². The second kappa shape index (κ2) is 5.78. The molecule has 0 fully saturated rings. The quantitative estimate of drug-likeness (QED) is 0.911. The van der Waals surface area contributed by atoms with Crippen molar-refractivity contribution in [3.63, 3.8) is 0 Å². The molecule has 1 N–H and O–H groups in total. The van der Waals surface area contributed by atoms with Crippen molar-refractivity contribution in [2.45, 2.75) is 13.5 Å². The summed E-state index contributed by atoms with van der Waals surface area (Å²) in [4.78, 5) is 14.5. The SMILES string of the molecule is C[C@H]1CNc2ccccc2N(Cc2ccc(Cl)cc2)C1=O. The number of rotatable bonds is 2. The summed E-state index contributed by atoms with van der Waals surface area (Å²) in [6.45, 7) is 3.17. The molecular weight excluding hydrogens is 284 g/mol. The molecule has 0 saturated carbocycles. The lowest BCUT2D eigenvalue weighted by Crippen LogP contribution is -2.34. The normalized spacial score (nSPS) is 17.9. The maximum absolute atomic E-state index is 12.6. The zero-order chi connectivity index (χ0) is 14.8. The molecule has 3 rings (SSSR count). The van der Waals surface area contributed by atoms with Crippen LogP contribution in [-0.4, -0.2) is 12.5 Å². The molecule has 0 aliphatic carbocycles. The smallest absolute Gasteiger partial charge is 0.231 e. The van der Waals surface area contributed by atoms with Gasteiger partial charge in [0.25, 0.3) is 0 Å². The maximum atomic E-state index is 12.6. The van der Waals surface area contributed by atoms with Crippen LogP contribution >= 0.6 is 11.6 Å². The summed E-state index contributed by atoms with van der Waals surface area (Å²) in [5, 5.41) is 4.05. The monoisotopic (exact) mass is 300 g/mol. The van der Waals surface area contributed by atoms with E-state index in [0.29, 0.717) is 18.1 Å². The zero-order valence-corrected chi connectivity index (χ0v) is 12.6. The molecule has 21 heavy (non-hydrogen) atoms. The first-order valence-electron chi connectivity index (χ1n) is 7.04. The molecule has 3 nitrogen and oxygen atoms in total. The highest BCUT2D eigenvalue weighted by Crippen LogP contribution is 2.31. The number of hydrogen-bond donors (Lipinski definition) is 1. The Balaban J connectivity index is 1.97. The molecule has 2 aromatic rings. The van der Waals surface area contributed by atoms with E-state index in [1.54, 1.807) is 0 Å². The predicted octanol–water partition coefficient (Wildman–Crippen LogP) is 3.93. The minimum Gasteiger partial charge on any atom is -0.383 e. The molecule has 0 saturated heterocycles. The summed E-state index contributed by atoms with van der Waals surface area (Å²) in [6.07, 6.45) is 0. The standard InChI is InChI=1S/C17H17ClN2O/c1-12-10-19-15-4-2-3-5-16(15)20(17(12)21)11-13-6-8-14(18)9-7-13/h2-9,12,19H,10-11H2,1H3/t12-/m0/s1. The third kappa shape index (κ3) is 2.88. The number of para-hydroxylation sites is 2. The molecule has 2 aromatic carbocycles. The molecule has 4 heteroatoms. The fraction of sp³-hybridized carbons (Fsp3) is 0.235. The van der Waals surface area contributed by atoms with Crippen molar-refractivity contribution < 1.29 is 4.79 Å². The van der Waals surface area contributed by atoms with Crippen molar-refractivity contribution in [2.75, 3.05) is 16.8 Å². The third-order valence-electron chi connectivity index (χ3n) is 3.74. The van der Waals surface area contributed by atoms with Crippen LogP contribution in [0.25, 0.3) is 0 Å². The van der Waals surface area contributed by atoms with Crippen molar-refractivity contribution in [3.05, 3.63) is 59.1 Å². The number of nitrogens with zero attached hydrogens (tertiary/aromatic N) is 1. The number of halogens is 1. The van der Waals surface area contributed by atoms with Crippen molar-refractivity contribution in [1.82, 2.24) is 0 Å². The molecule has 1 amide bonds. The first-order valence-corrected chi connectivity index (χ1v) is 7.41. The second-order valence-corrected chi connectivity index (χ2v) is 5.79. The van der Waals surface area contributed by atoms with E-state index in [0.717, 1.165) is 16.9 Å². The number of hydrogen-bond acceptors (Lipinski definition) is 2. The molecular formula is C17H17ClN2O. The Morgan fingerprint density at radius 3 is 2.67 bits per heavy atom. The Morgan fingerprint density at radius 1 is 1.19 bits per heavy atom.